The maximum Gasteiger partial charge on any atom is 0.130 e. The number of rotatable bonds is 10. The standard InChI is InChI=1S/C27H42O3/c1-8-9-10-11-13-25(2,3)19-15-22(29-6)24(23(16-19)30-7)20-17-27(18-28)14-12-21(20)26(27,4)5/h15-17,21,28H,8-14,18H2,1-7H3. The highest BCUT2D eigenvalue weighted by Gasteiger charge is 2.59. The molecule has 1 fully saturated rings. The molecule has 2 bridgehead atoms. The molecule has 3 heteroatoms. The number of allylic oxidation sites excluding steroid dienone is 1. The molecule has 0 amide bonds. The fourth-order valence-corrected chi connectivity index (χ4v) is 5.93. The lowest BCUT2D eigenvalue weighted by atomic mass is 9.69. The fourth-order valence-electron chi connectivity index (χ4n) is 5.93. The molecule has 0 radical (unpaired) electrons. The molecule has 0 heterocycles. The molecule has 2 aliphatic rings. The Morgan fingerprint density at radius 3 is 2.20 bits per heavy atom. The first-order valence-electron chi connectivity index (χ1n) is 11.8. The number of fused-ring (bicyclic) bond motifs is 2. The Labute approximate surface area is 183 Å². The van der Waals surface area contributed by atoms with Crippen LogP contribution in [0.25, 0.3) is 5.57 Å². The van der Waals surface area contributed by atoms with Gasteiger partial charge in [-0.25, -0.2) is 0 Å². The molecule has 3 nitrogen and oxygen atoms in total. The molecule has 168 valence electrons. The zero-order valence-electron chi connectivity index (χ0n) is 20.2. The molecular formula is C27H42O3. The minimum absolute atomic E-state index is 0.0460. The summed E-state index contributed by atoms with van der Waals surface area (Å²) in [5.41, 5.74) is 3.63. The number of ether oxygens (including phenoxy) is 2. The molecule has 3 rings (SSSR count). The van der Waals surface area contributed by atoms with E-state index in [0.717, 1.165) is 36.3 Å². The summed E-state index contributed by atoms with van der Waals surface area (Å²) in [6.07, 6.45) is 10.8. The number of hydrogen-bond acceptors (Lipinski definition) is 3. The van der Waals surface area contributed by atoms with Crippen molar-refractivity contribution < 1.29 is 14.6 Å². The van der Waals surface area contributed by atoms with Gasteiger partial charge in [0.05, 0.1) is 26.4 Å². The molecule has 2 unspecified atom stereocenters. The lowest BCUT2D eigenvalue weighted by Crippen LogP contribution is -2.33. The van der Waals surface area contributed by atoms with Crippen LogP contribution in [0.4, 0.5) is 0 Å². The van der Waals surface area contributed by atoms with E-state index in [0.29, 0.717) is 5.92 Å². The van der Waals surface area contributed by atoms with Crippen molar-refractivity contribution in [2.24, 2.45) is 16.7 Å². The van der Waals surface area contributed by atoms with Gasteiger partial charge in [-0.15, -0.1) is 0 Å². The van der Waals surface area contributed by atoms with Crippen LogP contribution in [0.15, 0.2) is 18.2 Å². The minimum atomic E-state index is -0.139. The fraction of sp³-hybridized carbons (Fsp3) is 0.704. The first-order chi connectivity index (χ1) is 14.2. The Bertz CT molecular complexity index is 764. The summed E-state index contributed by atoms with van der Waals surface area (Å²) in [7, 11) is 3.52. The molecule has 1 aromatic rings. The van der Waals surface area contributed by atoms with Crippen LogP contribution >= 0.6 is 0 Å². The molecule has 2 atom stereocenters. The van der Waals surface area contributed by atoms with Gasteiger partial charge in [0.15, 0.2) is 0 Å². The van der Waals surface area contributed by atoms with E-state index in [1.165, 1.54) is 36.8 Å². The van der Waals surface area contributed by atoms with Gasteiger partial charge in [-0.2, -0.15) is 0 Å². The van der Waals surface area contributed by atoms with E-state index in [-0.39, 0.29) is 22.9 Å². The highest BCUT2D eigenvalue weighted by atomic mass is 16.5. The second-order valence-corrected chi connectivity index (χ2v) is 10.7. The van der Waals surface area contributed by atoms with Crippen LogP contribution in [0.3, 0.4) is 0 Å². The van der Waals surface area contributed by atoms with Crippen molar-refractivity contribution in [3.63, 3.8) is 0 Å². The number of methoxy groups -OCH3 is 2. The van der Waals surface area contributed by atoms with E-state index >= 15 is 0 Å². The second-order valence-electron chi connectivity index (χ2n) is 10.7. The van der Waals surface area contributed by atoms with Crippen LogP contribution in [-0.2, 0) is 5.41 Å². The van der Waals surface area contributed by atoms with E-state index in [2.05, 4.69) is 52.8 Å². The predicted octanol–water partition coefficient (Wildman–Crippen LogP) is 6.76. The molecule has 1 saturated carbocycles. The molecular weight excluding hydrogens is 372 g/mol. The lowest BCUT2D eigenvalue weighted by molar-refractivity contribution is 0.0761. The molecule has 30 heavy (non-hydrogen) atoms. The summed E-state index contributed by atoms with van der Waals surface area (Å²) in [5.74, 6) is 2.21. The van der Waals surface area contributed by atoms with Crippen molar-refractivity contribution in [2.45, 2.75) is 85.0 Å². The summed E-state index contributed by atoms with van der Waals surface area (Å²) in [4.78, 5) is 0. The summed E-state index contributed by atoms with van der Waals surface area (Å²) < 4.78 is 11.9. The van der Waals surface area contributed by atoms with Crippen molar-refractivity contribution >= 4 is 5.57 Å². The third-order valence-electron chi connectivity index (χ3n) is 8.35. The molecule has 0 aromatic heterocycles. The minimum Gasteiger partial charge on any atom is -0.496 e. The summed E-state index contributed by atoms with van der Waals surface area (Å²) in [5, 5.41) is 10.3. The Balaban J connectivity index is 2.01. The van der Waals surface area contributed by atoms with Crippen LogP contribution in [0.1, 0.15) is 90.7 Å². The molecule has 1 N–H and O–H groups in total. The second kappa shape index (κ2) is 8.57. The highest BCUT2D eigenvalue weighted by Crippen LogP contribution is 2.67. The normalized spacial score (nSPS) is 24.8. The first kappa shape index (κ1) is 23.2. The van der Waals surface area contributed by atoms with Gasteiger partial charge in [0.2, 0.25) is 0 Å². The monoisotopic (exact) mass is 414 g/mol. The zero-order chi connectivity index (χ0) is 22.2. The summed E-state index contributed by atoms with van der Waals surface area (Å²) in [6, 6.07) is 4.45. The topological polar surface area (TPSA) is 38.7 Å². The zero-order valence-corrected chi connectivity index (χ0v) is 20.2. The number of aliphatic hydroxyl groups excluding tert-OH is 1. The van der Waals surface area contributed by atoms with E-state index in [1.807, 2.05) is 0 Å². The van der Waals surface area contributed by atoms with E-state index in [1.54, 1.807) is 14.2 Å². The van der Waals surface area contributed by atoms with E-state index in [4.69, 9.17) is 9.47 Å². The van der Waals surface area contributed by atoms with Gasteiger partial charge >= 0.3 is 0 Å². The molecule has 1 aromatic carbocycles. The van der Waals surface area contributed by atoms with Crippen LogP contribution in [0, 0.1) is 16.7 Å². The average Bonchev–Trinajstić information content (AvgIpc) is 3.12. The smallest absolute Gasteiger partial charge is 0.130 e. The van der Waals surface area contributed by atoms with Gasteiger partial charge in [-0.3, -0.25) is 0 Å². The van der Waals surface area contributed by atoms with Gasteiger partial charge in [-0.05, 0) is 59.3 Å². The average molecular weight is 415 g/mol. The van der Waals surface area contributed by atoms with Crippen LogP contribution in [0.2, 0.25) is 0 Å². The van der Waals surface area contributed by atoms with Crippen molar-refractivity contribution in [3.05, 3.63) is 29.3 Å². The third kappa shape index (κ3) is 3.68. The summed E-state index contributed by atoms with van der Waals surface area (Å²) in [6.45, 7) is 11.7. The predicted molar refractivity (Wildman–Crippen MR) is 125 cm³/mol. The van der Waals surface area contributed by atoms with Crippen molar-refractivity contribution in [2.75, 3.05) is 20.8 Å². The molecule has 0 saturated heterocycles. The Hall–Kier alpha value is -1.48. The van der Waals surface area contributed by atoms with E-state index in [9.17, 15) is 5.11 Å². The van der Waals surface area contributed by atoms with Crippen LogP contribution < -0.4 is 9.47 Å². The maximum absolute atomic E-state index is 10.3. The highest BCUT2D eigenvalue weighted by molar-refractivity contribution is 5.81. The lowest BCUT2D eigenvalue weighted by Gasteiger charge is -2.35. The Morgan fingerprint density at radius 2 is 1.70 bits per heavy atom. The summed E-state index contributed by atoms with van der Waals surface area (Å²) >= 11 is 0. The number of hydrogen-bond donors (Lipinski definition) is 1. The van der Waals surface area contributed by atoms with Gasteiger partial charge in [0.1, 0.15) is 11.5 Å². The molecule has 0 aliphatic heterocycles. The maximum atomic E-state index is 10.3. The largest absolute Gasteiger partial charge is 0.496 e. The Kier molecular flexibility index (Phi) is 6.63. The van der Waals surface area contributed by atoms with Crippen molar-refractivity contribution in [1.82, 2.24) is 0 Å². The third-order valence-corrected chi connectivity index (χ3v) is 8.35. The van der Waals surface area contributed by atoms with Crippen molar-refractivity contribution in [3.8, 4) is 11.5 Å². The van der Waals surface area contributed by atoms with E-state index < -0.39 is 0 Å². The SMILES string of the molecule is CCCCCCC(C)(C)c1cc(OC)c(C2=CC3(CO)CCC2C3(C)C)c(OC)c1. The number of aliphatic hydroxyl groups is 1. The van der Waals surface area contributed by atoms with Gasteiger partial charge < -0.3 is 14.6 Å². The van der Waals surface area contributed by atoms with Gasteiger partial charge in [-0.1, -0.05) is 66.4 Å². The van der Waals surface area contributed by atoms with Crippen LogP contribution in [-0.4, -0.2) is 25.9 Å². The first-order valence-corrected chi connectivity index (χ1v) is 11.8. The van der Waals surface area contributed by atoms with Crippen molar-refractivity contribution in [1.29, 1.82) is 0 Å². The number of benzene rings is 1. The number of unbranched alkanes of at least 4 members (excludes halogenated alkanes) is 3. The molecule has 0 spiro atoms. The molecule has 2 aliphatic carbocycles. The van der Waals surface area contributed by atoms with Crippen LogP contribution in [0.5, 0.6) is 11.5 Å². The Morgan fingerprint density at radius 1 is 1.07 bits per heavy atom. The quantitative estimate of drug-likeness (QED) is 0.430. The van der Waals surface area contributed by atoms with Gasteiger partial charge in [0, 0.05) is 5.41 Å². The van der Waals surface area contributed by atoms with Gasteiger partial charge in [0.25, 0.3) is 0 Å².